The number of aliphatic imine (C=N–C) groups is 1. The van der Waals surface area contributed by atoms with Gasteiger partial charge in [0.05, 0.1) is 13.2 Å². The molecule has 2 fully saturated rings. The Balaban J connectivity index is 0.00000363. The van der Waals surface area contributed by atoms with Gasteiger partial charge in [-0.05, 0) is 43.7 Å². The van der Waals surface area contributed by atoms with Crippen LogP contribution in [-0.4, -0.2) is 99.7 Å². The monoisotopic (exact) mass is 557 g/mol. The molecular weight excluding hydrogens is 517 g/mol. The first kappa shape index (κ1) is 26.9. The van der Waals surface area contributed by atoms with Crippen LogP contribution in [-0.2, 0) is 16.0 Å². The second kappa shape index (κ2) is 14.7. The number of guanidine groups is 1. The summed E-state index contributed by atoms with van der Waals surface area (Å²) in [5.74, 6) is 1.63. The summed E-state index contributed by atoms with van der Waals surface area (Å²) in [6, 6.07) is 10.8. The fraction of sp³-hybridized carbons (Fsp3) is 0.667. The quantitative estimate of drug-likeness (QED) is 0.230. The number of carbonyl (C=O) groups is 1. The van der Waals surface area contributed by atoms with Crippen LogP contribution in [0.1, 0.15) is 24.8 Å². The zero-order valence-corrected chi connectivity index (χ0v) is 22.0. The summed E-state index contributed by atoms with van der Waals surface area (Å²) < 4.78 is 5.42. The molecule has 2 aliphatic heterocycles. The van der Waals surface area contributed by atoms with Crippen LogP contribution in [0.3, 0.4) is 0 Å². The molecule has 0 spiro atoms. The molecule has 0 aromatic heterocycles. The molecule has 2 aliphatic rings. The molecule has 1 N–H and O–H groups in total. The first-order valence-corrected chi connectivity index (χ1v) is 11.7. The van der Waals surface area contributed by atoms with Crippen LogP contribution in [0.4, 0.5) is 0 Å². The van der Waals surface area contributed by atoms with E-state index in [2.05, 4.69) is 50.4 Å². The van der Waals surface area contributed by atoms with Gasteiger partial charge in [0.15, 0.2) is 5.96 Å². The number of hydrogen-bond acceptors (Lipinski definition) is 4. The van der Waals surface area contributed by atoms with E-state index in [1.165, 1.54) is 5.56 Å². The fourth-order valence-electron chi connectivity index (χ4n) is 4.18. The highest BCUT2D eigenvalue weighted by atomic mass is 127. The number of likely N-dealkylation sites (tertiary alicyclic amines) is 1. The largest absolute Gasteiger partial charge is 0.379 e. The molecule has 0 radical (unpaired) electrons. The van der Waals surface area contributed by atoms with E-state index in [1.54, 1.807) is 19.0 Å². The van der Waals surface area contributed by atoms with Gasteiger partial charge in [-0.25, -0.2) is 4.99 Å². The van der Waals surface area contributed by atoms with Crippen molar-refractivity contribution in [2.45, 2.75) is 25.7 Å². The predicted molar refractivity (Wildman–Crippen MR) is 141 cm³/mol. The average Bonchev–Trinajstić information content (AvgIpc) is 2.80. The van der Waals surface area contributed by atoms with Gasteiger partial charge in [-0.2, -0.15) is 0 Å². The van der Waals surface area contributed by atoms with Gasteiger partial charge in [-0.15, -0.1) is 24.0 Å². The Morgan fingerprint density at radius 1 is 1.12 bits per heavy atom. The average molecular weight is 558 g/mol. The Bertz CT molecular complexity index is 687. The van der Waals surface area contributed by atoms with Crippen LogP contribution in [0.2, 0.25) is 0 Å². The summed E-state index contributed by atoms with van der Waals surface area (Å²) in [7, 11) is 3.56. The summed E-state index contributed by atoms with van der Waals surface area (Å²) in [4.78, 5) is 23.1. The molecule has 0 saturated carbocycles. The lowest BCUT2D eigenvalue weighted by Gasteiger charge is -2.34. The number of hydrogen-bond donors (Lipinski definition) is 1. The number of carbonyl (C=O) groups excluding carboxylic acids is 1. The molecule has 32 heavy (non-hydrogen) atoms. The molecule has 0 unspecified atom stereocenters. The summed E-state index contributed by atoms with van der Waals surface area (Å²) in [5, 5.41) is 3.54. The van der Waals surface area contributed by atoms with Gasteiger partial charge < -0.3 is 19.9 Å². The van der Waals surface area contributed by atoms with E-state index in [-0.39, 0.29) is 36.4 Å². The molecule has 0 atom stereocenters. The van der Waals surface area contributed by atoms with Gasteiger partial charge in [0.2, 0.25) is 5.91 Å². The standard InChI is InChI=1S/C24H39N5O2.HI/c1-27(2)23(30)20-26-24(25-11-6-12-28-15-17-31-18-16-28)29-13-9-22(10-14-29)19-21-7-4-3-5-8-21;/h3-5,7-8,22H,6,9-20H2,1-2H3,(H,25,26);1H. The SMILES string of the molecule is CN(C)C(=O)CN=C(NCCCN1CCOCC1)N1CCC(Cc2ccccc2)CC1.I. The Kier molecular flexibility index (Phi) is 12.3. The summed E-state index contributed by atoms with van der Waals surface area (Å²) in [6.07, 6.45) is 4.52. The van der Waals surface area contributed by atoms with Crippen LogP contribution in [0.5, 0.6) is 0 Å². The number of ether oxygens (including phenoxy) is 1. The minimum Gasteiger partial charge on any atom is -0.379 e. The summed E-state index contributed by atoms with van der Waals surface area (Å²) in [5.41, 5.74) is 1.42. The maximum Gasteiger partial charge on any atom is 0.243 e. The second-order valence-corrected chi connectivity index (χ2v) is 8.78. The lowest BCUT2D eigenvalue weighted by atomic mass is 9.90. The highest BCUT2D eigenvalue weighted by Gasteiger charge is 2.22. The van der Waals surface area contributed by atoms with Gasteiger partial charge in [0.1, 0.15) is 6.54 Å². The van der Waals surface area contributed by atoms with E-state index in [0.717, 1.165) is 84.1 Å². The number of piperidine rings is 1. The topological polar surface area (TPSA) is 60.4 Å². The van der Waals surface area contributed by atoms with Crippen molar-refractivity contribution in [3.05, 3.63) is 35.9 Å². The Morgan fingerprint density at radius 3 is 2.47 bits per heavy atom. The number of likely N-dealkylation sites (N-methyl/N-ethyl adjacent to an activating group) is 1. The van der Waals surface area contributed by atoms with E-state index in [1.807, 2.05) is 0 Å². The normalized spacial score (nSPS) is 18.2. The Morgan fingerprint density at radius 2 is 1.81 bits per heavy atom. The van der Waals surface area contributed by atoms with Crippen molar-refractivity contribution in [1.82, 2.24) is 20.0 Å². The van der Waals surface area contributed by atoms with Crippen molar-refractivity contribution in [3.8, 4) is 0 Å². The number of halogens is 1. The molecule has 180 valence electrons. The number of morpholine rings is 1. The molecule has 2 heterocycles. The van der Waals surface area contributed by atoms with Crippen LogP contribution in [0, 0.1) is 5.92 Å². The smallest absolute Gasteiger partial charge is 0.243 e. The van der Waals surface area contributed by atoms with Gasteiger partial charge in [0.25, 0.3) is 0 Å². The molecule has 1 aromatic carbocycles. The fourth-order valence-corrected chi connectivity index (χ4v) is 4.18. The molecule has 2 saturated heterocycles. The third-order valence-corrected chi connectivity index (χ3v) is 6.18. The molecule has 1 aromatic rings. The molecule has 8 heteroatoms. The van der Waals surface area contributed by atoms with Gasteiger partial charge in [-0.1, -0.05) is 30.3 Å². The molecule has 0 aliphatic carbocycles. The van der Waals surface area contributed by atoms with Crippen molar-refractivity contribution in [2.24, 2.45) is 10.9 Å². The highest BCUT2D eigenvalue weighted by Crippen LogP contribution is 2.21. The summed E-state index contributed by atoms with van der Waals surface area (Å²) in [6.45, 7) is 7.83. The van der Waals surface area contributed by atoms with Crippen LogP contribution < -0.4 is 5.32 Å². The van der Waals surface area contributed by atoms with Gasteiger partial charge in [0, 0.05) is 46.8 Å². The molecule has 0 bridgehead atoms. The van der Waals surface area contributed by atoms with Crippen molar-refractivity contribution in [2.75, 3.05) is 73.1 Å². The number of amides is 1. The number of benzene rings is 1. The maximum absolute atomic E-state index is 12.1. The summed E-state index contributed by atoms with van der Waals surface area (Å²) >= 11 is 0. The minimum atomic E-state index is 0. The highest BCUT2D eigenvalue weighted by molar-refractivity contribution is 14.0. The van der Waals surface area contributed by atoms with Crippen molar-refractivity contribution >= 4 is 35.8 Å². The van der Waals surface area contributed by atoms with Crippen LogP contribution >= 0.6 is 24.0 Å². The lowest BCUT2D eigenvalue weighted by molar-refractivity contribution is -0.127. The van der Waals surface area contributed by atoms with E-state index in [0.29, 0.717) is 5.92 Å². The lowest BCUT2D eigenvalue weighted by Crippen LogP contribution is -2.47. The Labute approximate surface area is 210 Å². The Hall–Kier alpha value is -1.39. The second-order valence-electron chi connectivity index (χ2n) is 8.78. The number of rotatable bonds is 8. The van der Waals surface area contributed by atoms with Crippen molar-refractivity contribution in [1.29, 1.82) is 0 Å². The first-order chi connectivity index (χ1) is 15.1. The van der Waals surface area contributed by atoms with Crippen molar-refractivity contribution < 1.29 is 9.53 Å². The maximum atomic E-state index is 12.1. The molecule has 7 nitrogen and oxygen atoms in total. The van der Waals surface area contributed by atoms with E-state index in [9.17, 15) is 4.79 Å². The molecule has 3 rings (SSSR count). The third-order valence-electron chi connectivity index (χ3n) is 6.18. The molecule has 1 amide bonds. The number of nitrogens with zero attached hydrogens (tertiary/aromatic N) is 4. The van der Waals surface area contributed by atoms with Gasteiger partial charge >= 0.3 is 0 Å². The first-order valence-electron chi connectivity index (χ1n) is 11.7. The minimum absolute atomic E-state index is 0. The predicted octanol–water partition coefficient (Wildman–Crippen LogP) is 2.32. The van der Waals surface area contributed by atoms with Crippen molar-refractivity contribution in [3.63, 3.8) is 0 Å². The van der Waals surface area contributed by atoms with Gasteiger partial charge in [-0.3, -0.25) is 9.69 Å². The zero-order chi connectivity index (χ0) is 21.9. The van der Waals surface area contributed by atoms with E-state index >= 15 is 0 Å². The van der Waals surface area contributed by atoms with Crippen LogP contribution in [0.15, 0.2) is 35.3 Å². The van der Waals surface area contributed by atoms with Crippen LogP contribution in [0.25, 0.3) is 0 Å². The molecular formula is C24H40IN5O2. The van der Waals surface area contributed by atoms with E-state index in [4.69, 9.17) is 4.74 Å². The zero-order valence-electron chi connectivity index (χ0n) is 19.7. The number of nitrogens with one attached hydrogen (secondary N) is 1. The third kappa shape index (κ3) is 9.23. The van der Waals surface area contributed by atoms with E-state index < -0.39 is 0 Å².